The minimum absolute atomic E-state index is 0.610. The molecule has 116 valence electrons. The van der Waals surface area contributed by atoms with Crippen LogP contribution >= 0.6 is 0 Å². The second-order valence-corrected chi connectivity index (χ2v) is 5.30. The van der Waals surface area contributed by atoms with E-state index in [1.165, 1.54) is 0 Å². The number of hydrogen-bond donors (Lipinski definition) is 0. The van der Waals surface area contributed by atoms with E-state index in [1.54, 1.807) is 48.5 Å². The molecule has 2 aromatic carbocycles. The Hall–Kier alpha value is -2.64. The molecule has 2 aliphatic rings. The Morgan fingerprint density at radius 3 is 1.43 bits per heavy atom. The molecule has 7 heteroatoms. The first kappa shape index (κ1) is 14.0. The highest BCUT2D eigenvalue weighted by molar-refractivity contribution is 6.61. The summed E-state index contributed by atoms with van der Waals surface area (Å²) in [6.07, 6.45) is -1.95. The second-order valence-electron chi connectivity index (χ2n) is 5.30. The van der Waals surface area contributed by atoms with Crippen LogP contribution in [0.1, 0.15) is 23.3 Å². The van der Waals surface area contributed by atoms with Crippen molar-refractivity contribution >= 4 is 18.9 Å². The Kier molecular flexibility index (Phi) is 3.18. The Balaban J connectivity index is 1.59. The zero-order valence-electron chi connectivity index (χ0n) is 12.0. The Labute approximate surface area is 132 Å². The van der Waals surface area contributed by atoms with Crippen LogP contribution in [0.25, 0.3) is 0 Å². The zero-order chi connectivity index (χ0) is 15.9. The van der Waals surface area contributed by atoms with Gasteiger partial charge in [0.1, 0.15) is 12.2 Å². The molecule has 0 saturated carbocycles. The molecule has 2 saturated heterocycles. The van der Waals surface area contributed by atoms with Gasteiger partial charge in [0.25, 0.3) is 11.9 Å². The Bertz CT molecular complexity index is 682. The molecule has 2 aromatic rings. The molecule has 0 bridgehead atoms. The van der Waals surface area contributed by atoms with Gasteiger partial charge in [0.05, 0.1) is 0 Å². The quantitative estimate of drug-likeness (QED) is 0.791. The first-order valence-corrected chi connectivity index (χ1v) is 7.21. The fraction of sp³-hybridized carbons (Fsp3) is 0.125. The van der Waals surface area contributed by atoms with E-state index in [0.29, 0.717) is 11.1 Å². The van der Waals surface area contributed by atoms with Crippen LogP contribution < -0.4 is 0 Å². The molecule has 2 fully saturated rings. The van der Waals surface area contributed by atoms with E-state index >= 15 is 0 Å². The minimum atomic E-state index is -2.87. The topological polar surface area (TPSA) is 71.1 Å². The van der Waals surface area contributed by atoms with Crippen LogP contribution in [0.15, 0.2) is 60.7 Å². The van der Waals surface area contributed by atoms with Gasteiger partial charge in [0.2, 0.25) is 0 Å². The van der Waals surface area contributed by atoms with Crippen molar-refractivity contribution in [3.8, 4) is 0 Å². The maximum atomic E-state index is 12.1. The highest BCUT2D eigenvalue weighted by Gasteiger charge is 2.57. The van der Waals surface area contributed by atoms with Crippen LogP contribution in [0.3, 0.4) is 0 Å². The first-order chi connectivity index (χ1) is 11.2. The van der Waals surface area contributed by atoms with Gasteiger partial charge >= 0.3 is 6.96 Å². The van der Waals surface area contributed by atoms with Crippen molar-refractivity contribution < 1.29 is 28.2 Å². The molecule has 2 aliphatic heterocycles. The zero-order valence-corrected chi connectivity index (χ0v) is 12.0. The van der Waals surface area contributed by atoms with Gasteiger partial charge in [-0.3, -0.25) is 9.59 Å². The van der Waals surface area contributed by atoms with Gasteiger partial charge in [-0.25, -0.2) is 0 Å². The maximum Gasteiger partial charge on any atom is 0.657 e. The van der Waals surface area contributed by atoms with E-state index in [1.807, 2.05) is 12.1 Å². The van der Waals surface area contributed by atoms with E-state index in [2.05, 4.69) is 0 Å². The van der Waals surface area contributed by atoms with Crippen LogP contribution in [0, 0.1) is 0 Å². The van der Waals surface area contributed by atoms with E-state index < -0.39 is 31.1 Å². The molecular weight excluding hydrogens is 299 g/mol. The second kappa shape index (κ2) is 5.22. The number of rotatable bonds is 2. The van der Waals surface area contributed by atoms with Gasteiger partial charge < -0.3 is 18.6 Å². The molecule has 6 nitrogen and oxygen atoms in total. The summed E-state index contributed by atoms with van der Waals surface area (Å²) < 4.78 is 21.4. The normalized spacial score (nSPS) is 29.6. The molecule has 2 atom stereocenters. The third kappa shape index (κ3) is 2.40. The summed E-state index contributed by atoms with van der Waals surface area (Å²) in [5.41, 5.74) is 1.22. The van der Waals surface area contributed by atoms with Gasteiger partial charge in [-0.05, 0) is 11.1 Å². The highest BCUT2D eigenvalue weighted by atomic mass is 16.9. The summed E-state index contributed by atoms with van der Waals surface area (Å²) in [4.78, 5) is 24.2. The maximum absolute atomic E-state index is 12.1. The Morgan fingerprint density at radius 2 is 1.04 bits per heavy atom. The number of hydrogen-bond acceptors (Lipinski definition) is 6. The predicted molar refractivity (Wildman–Crippen MR) is 78.5 cm³/mol. The van der Waals surface area contributed by atoms with Crippen LogP contribution in [-0.2, 0) is 28.2 Å². The lowest BCUT2D eigenvalue weighted by Gasteiger charge is -2.26. The van der Waals surface area contributed by atoms with E-state index in [9.17, 15) is 9.59 Å². The Morgan fingerprint density at radius 1 is 0.652 bits per heavy atom. The standard InChI is InChI=1S/C16H12BO6/c18-15-13(11-7-3-1-4-8-11)20-17(22-15)21-14(16(19)23-17)12-9-5-2-6-10-12/h1-10,13-14H/q-1. The van der Waals surface area contributed by atoms with Crippen molar-refractivity contribution in [3.63, 3.8) is 0 Å². The number of carbonyl (C=O) groups excluding carboxylic acids is 2. The van der Waals surface area contributed by atoms with E-state index in [4.69, 9.17) is 18.6 Å². The summed E-state index contributed by atoms with van der Waals surface area (Å²) in [5, 5.41) is 0. The van der Waals surface area contributed by atoms with Crippen LogP contribution in [0.4, 0.5) is 0 Å². The fourth-order valence-corrected chi connectivity index (χ4v) is 2.70. The molecular formula is C16H12BO6-. The lowest BCUT2D eigenvalue weighted by Crippen LogP contribution is -2.39. The third-order valence-corrected chi connectivity index (χ3v) is 3.76. The van der Waals surface area contributed by atoms with Crippen molar-refractivity contribution in [2.24, 2.45) is 0 Å². The summed E-state index contributed by atoms with van der Waals surface area (Å²) in [5.74, 6) is -1.28. The molecule has 2 unspecified atom stereocenters. The molecule has 0 amide bonds. The van der Waals surface area contributed by atoms with Crippen molar-refractivity contribution in [2.45, 2.75) is 12.2 Å². The molecule has 1 spiro atoms. The predicted octanol–water partition coefficient (Wildman–Crippen LogP) is 2.05. The SMILES string of the molecule is O=C1O[B-]2(OC(=O)C(c3ccccc3)O2)OC1c1ccccc1. The summed E-state index contributed by atoms with van der Waals surface area (Å²) >= 11 is 0. The number of benzene rings is 2. The van der Waals surface area contributed by atoms with Gasteiger partial charge in [-0.15, -0.1) is 0 Å². The largest absolute Gasteiger partial charge is 0.657 e. The summed E-state index contributed by atoms with van der Waals surface area (Å²) in [6.45, 7) is -2.87. The average molecular weight is 311 g/mol. The summed E-state index contributed by atoms with van der Waals surface area (Å²) in [7, 11) is 0. The molecule has 23 heavy (non-hydrogen) atoms. The van der Waals surface area contributed by atoms with Gasteiger partial charge in [-0.2, -0.15) is 0 Å². The monoisotopic (exact) mass is 311 g/mol. The van der Waals surface area contributed by atoms with E-state index in [0.717, 1.165) is 0 Å². The van der Waals surface area contributed by atoms with Crippen LogP contribution in [-0.4, -0.2) is 18.9 Å². The fourth-order valence-electron chi connectivity index (χ4n) is 2.70. The summed E-state index contributed by atoms with van der Waals surface area (Å²) in [6, 6.07) is 17.7. The van der Waals surface area contributed by atoms with Crippen molar-refractivity contribution in [2.75, 3.05) is 0 Å². The smallest absolute Gasteiger partial charge is 0.606 e. The number of carbonyl (C=O) groups is 2. The molecule has 2 heterocycles. The van der Waals surface area contributed by atoms with Crippen molar-refractivity contribution in [1.82, 2.24) is 0 Å². The molecule has 0 aromatic heterocycles. The van der Waals surface area contributed by atoms with Gasteiger partial charge in [0.15, 0.2) is 0 Å². The van der Waals surface area contributed by atoms with Crippen LogP contribution in [0.5, 0.6) is 0 Å². The van der Waals surface area contributed by atoms with E-state index in [-0.39, 0.29) is 0 Å². The van der Waals surface area contributed by atoms with Crippen molar-refractivity contribution in [1.29, 1.82) is 0 Å². The van der Waals surface area contributed by atoms with Crippen molar-refractivity contribution in [3.05, 3.63) is 71.8 Å². The molecule has 0 N–H and O–H groups in total. The van der Waals surface area contributed by atoms with Gasteiger partial charge in [-0.1, -0.05) is 60.7 Å². The molecule has 0 aliphatic carbocycles. The third-order valence-electron chi connectivity index (χ3n) is 3.76. The molecule has 0 radical (unpaired) electrons. The average Bonchev–Trinajstić information content (AvgIpc) is 3.07. The molecule has 4 rings (SSSR count). The highest BCUT2D eigenvalue weighted by Crippen LogP contribution is 2.41. The lowest BCUT2D eigenvalue weighted by atomic mass is 10.1. The first-order valence-electron chi connectivity index (χ1n) is 7.21. The van der Waals surface area contributed by atoms with Gasteiger partial charge in [0, 0.05) is 0 Å². The van der Waals surface area contributed by atoms with Crippen LogP contribution in [0.2, 0.25) is 0 Å². The minimum Gasteiger partial charge on any atom is -0.606 e. The lowest BCUT2D eigenvalue weighted by molar-refractivity contribution is -0.138.